The zero-order chi connectivity index (χ0) is 16.8. The summed E-state index contributed by atoms with van der Waals surface area (Å²) in [4.78, 5) is 17.3. The third-order valence-electron chi connectivity index (χ3n) is 3.72. The van der Waals surface area contributed by atoms with Crippen molar-refractivity contribution in [1.82, 2.24) is 0 Å². The Morgan fingerprint density at radius 2 is 2.17 bits per heavy atom. The summed E-state index contributed by atoms with van der Waals surface area (Å²) in [5.41, 5.74) is 0.661. The molecule has 9 heteroatoms. The summed E-state index contributed by atoms with van der Waals surface area (Å²) < 4.78 is 29.3. The molecule has 2 aliphatic heterocycles. The van der Waals surface area contributed by atoms with Gasteiger partial charge in [0.15, 0.2) is 15.0 Å². The molecule has 3 rings (SSSR count). The van der Waals surface area contributed by atoms with Crippen molar-refractivity contribution in [2.24, 2.45) is 4.99 Å². The number of rotatable bonds is 2. The minimum absolute atomic E-state index is 0.0351. The van der Waals surface area contributed by atoms with Gasteiger partial charge < -0.3 is 9.64 Å². The average molecular weight is 375 g/mol. The number of nitrogens with zero attached hydrogens (tertiary/aromatic N) is 2. The third-order valence-corrected chi connectivity index (χ3v) is 7.17. The summed E-state index contributed by atoms with van der Waals surface area (Å²) in [6.45, 7) is 1.37. The fourth-order valence-corrected chi connectivity index (χ4v) is 6.94. The van der Waals surface area contributed by atoms with Gasteiger partial charge in [-0.1, -0.05) is 23.4 Å². The maximum absolute atomic E-state index is 12.0. The van der Waals surface area contributed by atoms with Gasteiger partial charge in [0.05, 0.1) is 30.3 Å². The third kappa shape index (κ3) is 3.20. The number of ether oxygens (including phenoxy) is 1. The number of carbonyl (C=O) groups excluding carboxylic acids is 1. The summed E-state index contributed by atoms with van der Waals surface area (Å²) >= 11 is 7.32. The van der Waals surface area contributed by atoms with Gasteiger partial charge in [0.25, 0.3) is 0 Å². The maximum Gasteiger partial charge on any atom is 0.244 e. The van der Waals surface area contributed by atoms with Crippen LogP contribution in [0.25, 0.3) is 0 Å². The van der Waals surface area contributed by atoms with Gasteiger partial charge in [0, 0.05) is 23.3 Å². The molecule has 0 aliphatic carbocycles. The van der Waals surface area contributed by atoms with Gasteiger partial charge in [-0.3, -0.25) is 4.79 Å². The van der Waals surface area contributed by atoms with E-state index in [2.05, 4.69) is 4.99 Å². The van der Waals surface area contributed by atoms with Crippen molar-refractivity contribution >= 4 is 50.0 Å². The van der Waals surface area contributed by atoms with E-state index in [1.54, 1.807) is 23.1 Å². The first-order valence-electron chi connectivity index (χ1n) is 6.90. The number of aliphatic imine (C=N–C) groups is 1. The molecule has 2 heterocycles. The molecular formula is C14H15ClN2O4S2. The van der Waals surface area contributed by atoms with Crippen LogP contribution in [-0.2, 0) is 14.6 Å². The predicted molar refractivity (Wildman–Crippen MR) is 92.4 cm³/mol. The average Bonchev–Trinajstić information content (AvgIpc) is 2.89. The summed E-state index contributed by atoms with van der Waals surface area (Å²) in [6, 6.07) is 4.85. The van der Waals surface area contributed by atoms with E-state index in [9.17, 15) is 13.2 Å². The van der Waals surface area contributed by atoms with E-state index in [0.29, 0.717) is 21.6 Å². The Kier molecular flexibility index (Phi) is 4.33. The summed E-state index contributed by atoms with van der Waals surface area (Å²) in [5.74, 6) is 0.312. The van der Waals surface area contributed by atoms with Crippen LogP contribution in [0.5, 0.6) is 5.75 Å². The van der Waals surface area contributed by atoms with E-state index in [1.165, 1.54) is 25.8 Å². The molecule has 6 nitrogen and oxygen atoms in total. The second kappa shape index (κ2) is 5.99. The van der Waals surface area contributed by atoms with Crippen LogP contribution >= 0.6 is 23.4 Å². The van der Waals surface area contributed by atoms with Crippen molar-refractivity contribution in [2.45, 2.75) is 18.2 Å². The number of methoxy groups -OCH3 is 1. The smallest absolute Gasteiger partial charge is 0.244 e. The van der Waals surface area contributed by atoms with Gasteiger partial charge in [-0.05, 0) is 12.1 Å². The summed E-state index contributed by atoms with van der Waals surface area (Å²) in [7, 11) is -1.58. The van der Waals surface area contributed by atoms with Gasteiger partial charge in [-0.2, -0.15) is 4.99 Å². The highest BCUT2D eigenvalue weighted by molar-refractivity contribution is 8.16. The Bertz CT molecular complexity index is 794. The molecule has 0 spiro atoms. The molecule has 1 aromatic carbocycles. The molecule has 124 valence electrons. The quantitative estimate of drug-likeness (QED) is 0.787. The van der Waals surface area contributed by atoms with Crippen molar-refractivity contribution in [2.75, 3.05) is 23.5 Å². The van der Waals surface area contributed by atoms with Crippen molar-refractivity contribution in [3.63, 3.8) is 0 Å². The molecule has 0 saturated carbocycles. The molecule has 0 N–H and O–H groups in total. The highest BCUT2D eigenvalue weighted by Crippen LogP contribution is 2.44. The lowest BCUT2D eigenvalue weighted by Gasteiger charge is -2.26. The van der Waals surface area contributed by atoms with E-state index in [0.717, 1.165) is 0 Å². The monoisotopic (exact) mass is 374 g/mol. The van der Waals surface area contributed by atoms with E-state index < -0.39 is 9.84 Å². The van der Waals surface area contributed by atoms with E-state index in [4.69, 9.17) is 16.3 Å². The molecule has 0 radical (unpaired) electrons. The maximum atomic E-state index is 12.0. The van der Waals surface area contributed by atoms with Gasteiger partial charge in [-0.25, -0.2) is 8.42 Å². The number of benzene rings is 1. The van der Waals surface area contributed by atoms with Crippen molar-refractivity contribution < 1.29 is 17.9 Å². The number of hydrogen-bond donors (Lipinski definition) is 0. The van der Waals surface area contributed by atoms with Gasteiger partial charge in [-0.15, -0.1) is 0 Å². The first kappa shape index (κ1) is 16.6. The van der Waals surface area contributed by atoms with Gasteiger partial charge in [0.2, 0.25) is 5.91 Å². The highest BCUT2D eigenvalue weighted by Gasteiger charge is 2.49. The lowest BCUT2D eigenvalue weighted by molar-refractivity contribution is -0.115. The predicted octanol–water partition coefficient (Wildman–Crippen LogP) is 1.97. The first-order chi connectivity index (χ1) is 10.8. The molecule has 2 aliphatic rings. The number of anilines is 1. The molecule has 0 unspecified atom stereocenters. The normalized spacial score (nSPS) is 27.3. The van der Waals surface area contributed by atoms with Crippen LogP contribution in [0.4, 0.5) is 5.69 Å². The molecule has 0 bridgehead atoms. The molecule has 2 saturated heterocycles. The van der Waals surface area contributed by atoms with Crippen LogP contribution < -0.4 is 9.64 Å². The molecule has 0 aromatic heterocycles. The Hall–Kier alpha value is -1.25. The number of amidine groups is 1. The van der Waals surface area contributed by atoms with Crippen LogP contribution in [0, 0.1) is 0 Å². The van der Waals surface area contributed by atoms with Crippen LogP contribution in [0.3, 0.4) is 0 Å². The van der Waals surface area contributed by atoms with Gasteiger partial charge >= 0.3 is 0 Å². The number of amides is 1. The van der Waals surface area contributed by atoms with Crippen LogP contribution in [0.1, 0.15) is 6.92 Å². The van der Waals surface area contributed by atoms with Crippen molar-refractivity contribution in [3.05, 3.63) is 23.2 Å². The molecular weight excluding hydrogens is 360 g/mol. The number of fused-ring (bicyclic) bond motifs is 1. The topological polar surface area (TPSA) is 76.0 Å². The number of thioether (sulfide) groups is 1. The lowest BCUT2D eigenvalue weighted by atomic mass is 10.2. The standard InChI is InChI=1S/C14H15ClN2O4S2/c1-8(18)16-14-17(10-4-3-9(15)5-12(10)21-2)11-6-23(19,20)7-13(11)22-14/h3-5,11,13H,6-7H2,1-2H3/t11-,13-/m0/s1. The van der Waals surface area contributed by atoms with Gasteiger partial charge in [0.1, 0.15) is 5.75 Å². The second-order valence-corrected chi connectivity index (χ2v) is 9.20. The zero-order valence-corrected chi connectivity index (χ0v) is 14.9. The van der Waals surface area contributed by atoms with E-state index in [1.807, 2.05) is 0 Å². The first-order valence-corrected chi connectivity index (χ1v) is 9.98. The number of halogens is 1. The van der Waals surface area contributed by atoms with Crippen LogP contribution in [0.15, 0.2) is 23.2 Å². The number of hydrogen-bond acceptors (Lipinski definition) is 5. The Morgan fingerprint density at radius 3 is 2.83 bits per heavy atom. The Labute approximate surface area is 143 Å². The Morgan fingerprint density at radius 1 is 1.43 bits per heavy atom. The van der Waals surface area contributed by atoms with Crippen molar-refractivity contribution in [1.29, 1.82) is 0 Å². The summed E-state index contributed by atoms with van der Waals surface area (Å²) in [6.07, 6.45) is 0. The Balaban J connectivity index is 2.10. The van der Waals surface area contributed by atoms with Crippen LogP contribution in [0.2, 0.25) is 5.02 Å². The zero-order valence-electron chi connectivity index (χ0n) is 12.5. The number of carbonyl (C=O) groups is 1. The van der Waals surface area contributed by atoms with Crippen LogP contribution in [-0.4, -0.2) is 49.4 Å². The highest BCUT2D eigenvalue weighted by atomic mass is 35.5. The minimum Gasteiger partial charge on any atom is -0.495 e. The molecule has 2 fully saturated rings. The summed E-state index contributed by atoms with van der Waals surface area (Å²) in [5, 5.41) is 0.875. The SMILES string of the molecule is COc1cc(Cl)ccc1N1C(=NC(C)=O)S[C@H]2CS(=O)(=O)C[C@@H]21. The molecule has 1 amide bonds. The largest absolute Gasteiger partial charge is 0.495 e. The van der Waals surface area contributed by atoms with Crippen molar-refractivity contribution in [3.8, 4) is 5.75 Å². The fraction of sp³-hybridized carbons (Fsp3) is 0.429. The minimum atomic E-state index is -3.10. The molecule has 2 atom stereocenters. The fourth-order valence-electron chi connectivity index (χ4n) is 2.83. The molecule has 1 aromatic rings. The lowest BCUT2D eigenvalue weighted by Crippen LogP contribution is -2.37. The molecule has 23 heavy (non-hydrogen) atoms. The second-order valence-electron chi connectivity index (χ2n) is 5.40. The number of sulfone groups is 1. The van der Waals surface area contributed by atoms with E-state index >= 15 is 0 Å². The van der Waals surface area contributed by atoms with E-state index in [-0.39, 0.29) is 28.7 Å².